The van der Waals surface area contributed by atoms with Crippen LogP contribution in [0.25, 0.3) is 10.9 Å². The number of benzene rings is 2. The van der Waals surface area contributed by atoms with Crippen molar-refractivity contribution in [3.8, 4) is 0 Å². The molecule has 1 aromatic heterocycles. The van der Waals surface area contributed by atoms with Gasteiger partial charge in [0.1, 0.15) is 5.03 Å². The Bertz CT molecular complexity index is 880. The van der Waals surface area contributed by atoms with Gasteiger partial charge in [-0.1, -0.05) is 49.7 Å². The first kappa shape index (κ1) is 14.9. The molecule has 0 bridgehead atoms. The van der Waals surface area contributed by atoms with Crippen molar-refractivity contribution < 1.29 is 8.42 Å². The topological polar surface area (TPSA) is 49.9 Å². The van der Waals surface area contributed by atoms with E-state index in [0.717, 1.165) is 35.7 Å². The predicted molar refractivity (Wildman–Crippen MR) is 88.8 cm³/mol. The van der Waals surface area contributed by atoms with E-state index < -0.39 is 9.84 Å². The third-order valence-corrected chi connectivity index (χ3v) is 5.66. The number of hydrogen-bond donors (Lipinski definition) is 1. The van der Waals surface area contributed by atoms with Crippen molar-refractivity contribution in [1.82, 2.24) is 4.98 Å². The summed E-state index contributed by atoms with van der Waals surface area (Å²) in [4.78, 5) is 3.46. The van der Waals surface area contributed by atoms with Gasteiger partial charge in [0.15, 0.2) is 0 Å². The lowest BCUT2D eigenvalue weighted by molar-refractivity contribution is 0.591. The van der Waals surface area contributed by atoms with E-state index in [1.54, 1.807) is 24.3 Å². The number of rotatable bonds is 5. The fourth-order valence-corrected chi connectivity index (χ4v) is 4.26. The van der Waals surface area contributed by atoms with E-state index in [1.165, 1.54) is 0 Å². The lowest BCUT2D eigenvalue weighted by atomic mass is 10.1. The maximum absolute atomic E-state index is 13.0. The highest BCUT2D eigenvalue weighted by atomic mass is 32.2. The molecular weight excluding hydrogens is 294 g/mol. The number of aromatic amines is 1. The second-order valence-electron chi connectivity index (χ2n) is 5.40. The van der Waals surface area contributed by atoms with Gasteiger partial charge in [0, 0.05) is 10.9 Å². The summed E-state index contributed by atoms with van der Waals surface area (Å²) in [5.41, 5.74) is 1.78. The van der Waals surface area contributed by atoms with Crippen LogP contribution in [0.2, 0.25) is 0 Å². The fourth-order valence-electron chi connectivity index (χ4n) is 2.72. The molecule has 0 unspecified atom stereocenters. The molecule has 3 rings (SSSR count). The number of sulfone groups is 1. The highest BCUT2D eigenvalue weighted by molar-refractivity contribution is 7.91. The minimum Gasteiger partial charge on any atom is -0.345 e. The first-order chi connectivity index (χ1) is 10.6. The second-order valence-corrected chi connectivity index (χ2v) is 7.28. The Balaban J connectivity index is 2.21. The first-order valence-electron chi connectivity index (χ1n) is 7.54. The number of unbranched alkanes of at least 4 members (excludes halogenated alkanes) is 1. The molecule has 4 heteroatoms. The molecule has 0 radical (unpaired) electrons. The molecule has 0 spiro atoms. The van der Waals surface area contributed by atoms with E-state index in [9.17, 15) is 8.42 Å². The molecular formula is C18H19NO2S. The molecule has 114 valence electrons. The monoisotopic (exact) mass is 313 g/mol. The van der Waals surface area contributed by atoms with Crippen molar-refractivity contribution in [2.75, 3.05) is 0 Å². The standard InChI is InChI=1S/C18H19NO2S/c1-2-3-11-16-15-12-7-8-13-17(15)19-18(16)22(20,21)14-9-5-4-6-10-14/h4-10,12-13,19H,2-3,11H2,1H3. The van der Waals surface area contributed by atoms with E-state index in [-0.39, 0.29) is 0 Å². The summed E-state index contributed by atoms with van der Waals surface area (Å²) < 4.78 is 25.9. The molecule has 2 aromatic carbocycles. The van der Waals surface area contributed by atoms with E-state index in [1.807, 2.05) is 30.3 Å². The van der Waals surface area contributed by atoms with E-state index >= 15 is 0 Å². The summed E-state index contributed by atoms with van der Waals surface area (Å²) >= 11 is 0. The van der Waals surface area contributed by atoms with Crippen LogP contribution in [0.15, 0.2) is 64.5 Å². The molecule has 0 atom stereocenters. The van der Waals surface area contributed by atoms with Crippen LogP contribution in [0.3, 0.4) is 0 Å². The van der Waals surface area contributed by atoms with Crippen LogP contribution in [-0.4, -0.2) is 13.4 Å². The number of para-hydroxylation sites is 1. The maximum atomic E-state index is 13.0. The third kappa shape index (κ3) is 2.55. The van der Waals surface area contributed by atoms with Crippen molar-refractivity contribution in [1.29, 1.82) is 0 Å². The van der Waals surface area contributed by atoms with Gasteiger partial charge in [0.2, 0.25) is 9.84 Å². The predicted octanol–water partition coefficient (Wildman–Crippen LogP) is 4.34. The summed E-state index contributed by atoms with van der Waals surface area (Å²) in [5.74, 6) is 0. The van der Waals surface area contributed by atoms with Crippen molar-refractivity contribution in [3.05, 3.63) is 60.2 Å². The first-order valence-corrected chi connectivity index (χ1v) is 9.02. The molecule has 1 heterocycles. The zero-order valence-electron chi connectivity index (χ0n) is 12.5. The van der Waals surface area contributed by atoms with Gasteiger partial charge < -0.3 is 4.98 Å². The van der Waals surface area contributed by atoms with Gasteiger partial charge in [-0.3, -0.25) is 0 Å². The fraction of sp³-hybridized carbons (Fsp3) is 0.222. The average Bonchev–Trinajstić information content (AvgIpc) is 2.93. The summed E-state index contributed by atoms with van der Waals surface area (Å²) in [6.07, 6.45) is 2.77. The Morgan fingerprint density at radius 2 is 1.64 bits per heavy atom. The summed E-state index contributed by atoms with van der Waals surface area (Å²) in [6, 6.07) is 16.4. The largest absolute Gasteiger partial charge is 0.345 e. The number of fused-ring (bicyclic) bond motifs is 1. The molecule has 22 heavy (non-hydrogen) atoms. The van der Waals surface area contributed by atoms with E-state index in [0.29, 0.717) is 9.92 Å². The minimum atomic E-state index is -3.52. The van der Waals surface area contributed by atoms with Gasteiger partial charge in [-0.25, -0.2) is 8.42 Å². The lowest BCUT2D eigenvalue weighted by Crippen LogP contribution is -2.05. The maximum Gasteiger partial charge on any atom is 0.222 e. The molecule has 0 amide bonds. The van der Waals surface area contributed by atoms with Crippen LogP contribution in [0.4, 0.5) is 0 Å². The van der Waals surface area contributed by atoms with Gasteiger partial charge in [0.05, 0.1) is 4.90 Å². The van der Waals surface area contributed by atoms with Crippen LogP contribution in [0.5, 0.6) is 0 Å². The van der Waals surface area contributed by atoms with E-state index in [2.05, 4.69) is 11.9 Å². The SMILES string of the molecule is CCCCc1c(S(=O)(=O)c2ccccc2)[nH]c2ccccc12. The van der Waals surface area contributed by atoms with Gasteiger partial charge in [-0.05, 0) is 36.6 Å². The number of aryl methyl sites for hydroxylation is 1. The average molecular weight is 313 g/mol. The zero-order chi connectivity index (χ0) is 15.6. The van der Waals surface area contributed by atoms with Gasteiger partial charge in [-0.2, -0.15) is 0 Å². The molecule has 1 N–H and O–H groups in total. The summed E-state index contributed by atoms with van der Waals surface area (Å²) in [7, 11) is -3.52. The van der Waals surface area contributed by atoms with Crippen molar-refractivity contribution in [2.24, 2.45) is 0 Å². The third-order valence-electron chi connectivity index (χ3n) is 3.88. The van der Waals surface area contributed by atoms with Crippen LogP contribution in [0, 0.1) is 0 Å². The molecule has 0 saturated heterocycles. The molecule has 0 saturated carbocycles. The Hall–Kier alpha value is -2.07. The smallest absolute Gasteiger partial charge is 0.222 e. The Kier molecular flexibility index (Phi) is 4.03. The highest BCUT2D eigenvalue weighted by Crippen LogP contribution is 2.31. The van der Waals surface area contributed by atoms with Crippen LogP contribution < -0.4 is 0 Å². The zero-order valence-corrected chi connectivity index (χ0v) is 13.4. The Morgan fingerprint density at radius 1 is 0.955 bits per heavy atom. The van der Waals surface area contributed by atoms with Gasteiger partial charge in [0.25, 0.3) is 0 Å². The number of hydrogen-bond acceptors (Lipinski definition) is 2. The van der Waals surface area contributed by atoms with E-state index in [4.69, 9.17) is 0 Å². The Labute approximate surface area is 130 Å². The van der Waals surface area contributed by atoms with Crippen LogP contribution in [0.1, 0.15) is 25.3 Å². The van der Waals surface area contributed by atoms with Crippen LogP contribution in [-0.2, 0) is 16.3 Å². The molecule has 3 aromatic rings. The minimum absolute atomic E-state index is 0.333. The molecule has 3 nitrogen and oxygen atoms in total. The van der Waals surface area contributed by atoms with Crippen molar-refractivity contribution in [2.45, 2.75) is 36.1 Å². The van der Waals surface area contributed by atoms with Crippen molar-refractivity contribution in [3.63, 3.8) is 0 Å². The van der Waals surface area contributed by atoms with Gasteiger partial charge in [-0.15, -0.1) is 0 Å². The van der Waals surface area contributed by atoms with Crippen LogP contribution >= 0.6 is 0 Å². The normalized spacial score (nSPS) is 11.9. The quantitative estimate of drug-likeness (QED) is 0.761. The molecule has 0 aliphatic rings. The van der Waals surface area contributed by atoms with Gasteiger partial charge >= 0.3 is 0 Å². The summed E-state index contributed by atoms with van der Waals surface area (Å²) in [5, 5.41) is 1.35. The summed E-state index contributed by atoms with van der Waals surface area (Å²) in [6.45, 7) is 2.11. The van der Waals surface area contributed by atoms with Crippen molar-refractivity contribution >= 4 is 20.7 Å². The number of aromatic nitrogens is 1. The Morgan fingerprint density at radius 3 is 2.36 bits per heavy atom. The highest BCUT2D eigenvalue weighted by Gasteiger charge is 2.24. The number of H-pyrrole nitrogens is 1. The number of nitrogens with one attached hydrogen (secondary N) is 1. The molecule has 0 aliphatic heterocycles. The second kappa shape index (κ2) is 5.97. The lowest BCUT2D eigenvalue weighted by Gasteiger charge is -2.06. The molecule has 0 fully saturated rings. The molecule has 0 aliphatic carbocycles.